The molecule has 0 aliphatic carbocycles. The van der Waals surface area contributed by atoms with Crippen molar-refractivity contribution < 1.29 is 4.74 Å². The Morgan fingerprint density at radius 1 is 1.42 bits per heavy atom. The molecule has 4 nitrogen and oxygen atoms in total. The summed E-state index contributed by atoms with van der Waals surface area (Å²) in [6, 6.07) is 7.85. The molecule has 19 heavy (non-hydrogen) atoms. The number of imidazole rings is 1. The van der Waals surface area contributed by atoms with Gasteiger partial charge in [0.15, 0.2) is 0 Å². The molecule has 1 aromatic heterocycles. The van der Waals surface area contributed by atoms with Crippen LogP contribution in [0.4, 0.5) is 0 Å². The number of hydrogen-bond acceptors (Lipinski definition) is 3. The number of ether oxygens (including phenoxy) is 1. The Bertz CT molecular complexity index is 596. The molecule has 0 aliphatic heterocycles. The Labute approximate surface area is 113 Å². The summed E-state index contributed by atoms with van der Waals surface area (Å²) in [4.78, 5) is 4.35. The van der Waals surface area contributed by atoms with Crippen LogP contribution in [0.1, 0.15) is 30.3 Å². The van der Waals surface area contributed by atoms with Crippen molar-refractivity contribution in [3.05, 3.63) is 47.5 Å². The quantitative estimate of drug-likeness (QED) is 0.825. The molecule has 0 saturated carbocycles. The molecule has 0 saturated heterocycles. The minimum atomic E-state index is 0.567. The van der Waals surface area contributed by atoms with Crippen LogP contribution >= 0.6 is 0 Å². The molecule has 98 valence electrons. The van der Waals surface area contributed by atoms with Gasteiger partial charge in [0.05, 0.1) is 12.7 Å². The summed E-state index contributed by atoms with van der Waals surface area (Å²) < 4.78 is 7.26. The van der Waals surface area contributed by atoms with E-state index in [1.165, 1.54) is 0 Å². The maximum atomic E-state index is 9.09. The van der Waals surface area contributed by atoms with Crippen molar-refractivity contribution in [3.8, 4) is 11.8 Å². The summed E-state index contributed by atoms with van der Waals surface area (Å²) in [5, 5.41) is 9.09. The third-order valence-corrected chi connectivity index (χ3v) is 3.01. The van der Waals surface area contributed by atoms with Gasteiger partial charge in [0.1, 0.15) is 17.6 Å². The summed E-state index contributed by atoms with van der Waals surface area (Å²) >= 11 is 0. The molecule has 1 heterocycles. The number of benzene rings is 1. The van der Waals surface area contributed by atoms with E-state index >= 15 is 0 Å². The zero-order chi connectivity index (χ0) is 13.7. The third-order valence-electron chi connectivity index (χ3n) is 3.01. The fraction of sp³-hybridized carbons (Fsp3) is 0.333. The first-order chi connectivity index (χ1) is 9.28. The van der Waals surface area contributed by atoms with Gasteiger partial charge < -0.3 is 9.30 Å². The highest BCUT2D eigenvalue weighted by Gasteiger charge is 2.06. The van der Waals surface area contributed by atoms with E-state index < -0.39 is 0 Å². The van der Waals surface area contributed by atoms with Crippen molar-refractivity contribution >= 4 is 0 Å². The summed E-state index contributed by atoms with van der Waals surface area (Å²) in [5.74, 6) is 1.70. The molecule has 0 unspecified atom stereocenters. The lowest BCUT2D eigenvalue weighted by Crippen LogP contribution is -2.04. The van der Waals surface area contributed by atoms with Gasteiger partial charge in [0, 0.05) is 25.4 Å². The lowest BCUT2D eigenvalue weighted by molar-refractivity contribution is 0.413. The van der Waals surface area contributed by atoms with Crippen LogP contribution in [-0.4, -0.2) is 16.7 Å². The maximum Gasteiger partial charge on any atom is 0.136 e. The predicted molar refractivity (Wildman–Crippen MR) is 73.0 cm³/mol. The van der Waals surface area contributed by atoms with Gasteiger partial charge in [0.25, 0.3) is 0 Å². The summed E-state index contributed by atoms with van der Waals surface area (Å²) in [7, 11) is 1.57. The Kier molecular flexibility index (Phi) is 4.19. The van der Waals surface area contributed by atoms with Gasteiger partial charge in [-0.3, -0.25) is 0 Å². The van der Waals surface area contributed by atoms with Gasteiger partial charge in [-0.2, -0.15) is 5.26 Å². The van der Waals surface area contributed by atoms with Crippen LogP contribution in [-0.2, 0) is 13.0 Å². The highest BCUT2D eigenvalue weighted by molar-refractivity contribution is 5.45. The SMILES string of the molecule is CCCc1nccn1Cc1ccc(OC)c(C#N)c1. The van der Waals surface area contributed by atoms with Gasteiger partial charge in [-0.25, -0.2) is 4.98 Å². The highest BCUT2D eigenvalue weighted by Crippen LogP contribution is 2.19. The van der Waals surface area contributed by atoms with Crippen LogP contribution in [0, 0.1) is 11.3 Å². The first-order valence-corrected chi connectivity index (χ1v) is 6.35. The van der Waals surface area contributed by atoms with Crippen molar-refractivity contribution in [1.82, 2.24) is 9.55 Å². The van der Waals surface area contributed by atoms with Gasteiger partial charge in [-0.05, 0) is 24.1 Å². The summed E-state index contributed by atoms with van der Waals surface area (Å²) in [6.07, 6.45) is 5.83. The summed E-state index contributed by atoms with van der Waals surface area (Å²) in [6.45, 7) is 2.87. The van der Waals surface area contributed by atoms with E-state index in [9.17, 15) is 0 Å². The zero-order valence-corrected chi connectivity index (χ0v) is 11.3. The molecule has 2 rings (SSSR count). The van der Waals surface area contributed by atoms with Crippen molar-refractivity contribution in [2.45, 2.75) is 26.3 Å². The fourth-order valence-corrected chi connectivity index (χ4v) is 2.07. The molecule has 0 aliphatic rings. The number of methoxy groups -OCH3 is 1. The molecule has 1 aromatic carbocycles. The predicted octanol–water partition coefficient (Wildman–Crippen LogP) is 2.76. The van der Waals surface area contributed by atoms with Crippen LogP contribution in [0.15, 0.2) is 30.6 Å². The van der Waals surface area contributed by atoms with Crippen LogP contribution in [0.2, 0.25) is 0 Å². The third kappa shape index (κ3) is 2.94. The second-order valence-electron chi connectivity index (χ2n) is 4.37. The van der Waals surface area contributed by atoms with Crippen LogP contribution in [0.3, 0.4) is 0 Å². The molecule has 4 heteroatoms. The average Bonchev–Trinajstić information content (AvgIpc) is 2.86. The average molecular weight is 255 g/mol. The molecule has 0 N–H and O–H groups in total. The molecule has 2 aromatic rings. The van der Waals surface area contributed by atoms with Crippen molar-refractivity contribution in [3.63, 3.8) is 0 Å². The van der Waals surface area contributed by atoms with Gasteiger partial charge in [-0.15, -0.1) is 0 Å². The second-order valence-corrected chi connectivity index (χ2v) is 4.37. The minimum absolute atomic E-state index is 0.567. The molecular formula is C15H17N3O. The Hall–Kier alpha value is -2.28. The molecule has 0 fully saturated rings. The summed E-state index contributed by atoms with van der Waals surface area (Å²) in [5.41, 5.74) is 1.64. The monoisotopic (exact) mass is 255 g/mol. The number of aryl methyl sites for hydroxylation is 1. The van der Waals surface area contributed by atoms with Gasteiger partial charge in [-0.1, -0.05) is 13.0 Å². The van der Waals surface area contributed by atoms with Crippen LogP contribution in [0.5, 0.6) is 5.75 Å². The maximum absolute atomic E-state index is 9.09. The van der Waals surface area contributed by atoms with Gasteiger partial charge >= 0.3 is 0 Å². The van der Waals surface area contributed by atoms with E-state index in [2.05, 4.69) is 22.5 Å². The molecule has 0 radical (unpaired) electrons. The van der Waals surface area contributed by atoms with E-state index in [1.807, 2.05) is 30.6 Å². The molecule has 0 bridgehead atoms. The Balaban J connectivity index is 2.24. The van der Waals surface area contributed by atoms with Crippen LogP contribution in [0.25, 0.3) is 0 Å². The number of nitrogens with zero attached hydrogens (tertiary/aromatic N) is 3. The lowest BCUT2D eigenvalue weighted by Gasteiger charge is -2.09. The first kappa shape index (κ1) is 13.2. The minimum Gasteiger partial charge on any atom is -0.495 e. The van der Waals surface area contributed by atoms with Crippen molar-refractivity contribution in [2.75, 3.05) is 7.11 Å². The van der Waals surface area contributed by atoms with E-state index in [-0.39, 0.29) is 0 Å². The Morgan fingerprint density at radius 3 is 2.95 bits per heavy atom. The van der Waals surface area contributed by atoms with Crippen molar-refractivity contribution in [1.29, 1.82) is 5.26 Å². The van der Waals surface area contributed by atoms with Gasteiger partial charge in [0.2, 0.25) is 0 Å². The van der Waals surface area contributed by atoms with E-state index in [0.29, 0.717) is 11.3 Å². The molecule has 0 atom stereocenters. The second kappa shape index (κ2) is 6.05. The molecular weight excluding hydrogens is 238 g/mol. The van der Waals surface area contributed by atoms with Crippen LogP contribution < -0.4 is 4.74 Å². The molecule has 0 spiro atoms. The van der Waals surface area contributed by atoms with Crippen molar-refractivity contribution in [2.24, 2.45) is 0 Å². The fourth-order valence-electron chi connectivity index (χ4n) is 2.07. The van der Waals surface area contributed by atoms with E-state index in [4.69, 9.17) is 10.00 Å². The first-order valence-electron chi connectivity index (χ1n) is 6.35. The zero-order valence-electron chi connectivity index (χ0n) is 11.3. The number of aromatic nitrogens is 2. The molecule has 0 amide bonds. The van der Waals surface area contributed by atoms with E-state index in [1.54, 1.807) is 7.11 Å². The number of nitriles is 1. The highest BCUT2D eigenvalue weighted by atomic mass is 16.5. The van der Waals surface area contributed by atoms with E-state index in [0.717, 1.165) is 30.8 Å². The number of hydrogen-bond donors (Lipinski definition) is 0. The smallest absolute Gasteiger partial charge is 0.136 e. The Morgan fingerprint density at radius 2 is 2.26 bits per heavy atom. The normalized spacial score (nSPS) is 10.2. The standard InChI is InChI=1S/C15H17N3O/c1-3-4-15-17-7-8-18(15)11-12-5-6-14(19-2)13(9-12)10-16/h5-9H,3-4,11H2,1-2H3. The lowest BCUT2D eigenvalue weighted by atomic mass is 10.1. The number of rotatable bonds is 5. The largest absolute Gasteiger partial charge is 0.495 e. The topological polar surface area (TPSA) is 50.8 Å².